The number of fused-ring (bicyclic) bond motifs is 1. The summed E-state index contributed by atoms with van der Waals surface area (Å²) < 4.78 is 36.5. The lowest BCUT2D eigenvalue weighted by Crippen LogP contribution is -2.42. The predicted molar refractivity (Wildman–Crippen MR) is 145 cm³/mol. The van der Waals surface area contributed by atoms with Gasteiger partial charge in [-0.1, -0.05) is 0 Å². The van der Waals surface area contributed by atoms with Gasteiger partial charge in [0.05, 0.1) is 23.6 Å². The maximum absolute atomic E-state index is 15.0. The second kappa shape index (κ2) is 10.3. The lowest BCUT2D eigenvalue weighted by molar-refractivity contribution is -0.897. The van der Waals surface area contributed by atoms with Gasteiger partial charge in [-0.15, -0.1) is 0 Å². The fourth-order valence-electron chi connectivity index (χ4n) is 4.42. The van der Waals surface area contributed by atoms with Crippen molar-refractivity contribution in [1.82, 2.24) is 9.38 Å². The molecular formula is C30H24F2N5O4+. The van der Waals surface area contributed by atoms with Crippen molar-refractivity contribution in [3.63, 3.8) is 0 Å². The molecule has 0 aliphatic heterocycles. The van der Waals surface area contributed by atoms with E-state index in [0.29, 0.717) is 38.8 Å². The first-order valence-electron chi connectivity index (χ1n) is 12.8. The highest BCUT2D eigenvalue weighted by Gasteiger charge is 2.30. The minimum atomic E-state index is -0.751. The van der Waals surface area contributed by atoms with E-state index in [-0.39, 0.29) is 29.0 Å². The number of aromatic nitrogens is 3. The van der Waals surface area contributed by atoms with E-state index in [2.05, 4.69) is 15.6 Å². The van der Waals surface area contributed by atoms with Crippen LogP contribution in [0.4, 0.5) is 20.3 Å². The number of nitrogens with zero attached hydrogens (tertiary/aromatic N) is 3. The van der Waals surface area contributed by atoms with Crippen LogP contribution in [0, 0.1) is 24.5 Å². The van der Waals surface area contributed by atoms with Crippen LogP contribution < -0.4 is 20.1 Å². The van der Waals surface area contributed by atoms with Crippen LogP contribution in [0.2, 0.25) is 0 Å². The molecule has 1 aliphatic carbocycles. The molecule has 2 aromatic carbocycles. The van der Waals surface area contributed by atoms with Gasteiger partial charge in [0.25, 0.3) is 5.69 Å². The fraction of sp³-hybridized carbons (Fsp3) is 0.133. The largest absolute Gasteiger partial charge is 0.456 e. The van der Waals surface area contributed by atoms with Crippen molar-refractivity contribution in [2.45, 2.75) is 19.8 Å². The monoisotopic (exact) mass is 556 g/mol. The van der Waals surface area contributed by atoms with Crippen molar-refractivity contribution in [3.8, 4) is 22.8 Å². The Kier molecular flexibility index (Phi) is 6.54. The number of amides is 2. The number of benzene rings is 2. The normalized spacial score (nSPS) is 12.8. The third kappa shape index (κ3) is 5.42. The summed E-state index contributed by atoms with van der Waals surface area (Å²) in [6.07, 6.45) is 5.10. The molecule has 0 unspecified atom stereocenters. The predicted octanol–water partition coefficient (Wildman–Crippen LogP) is 5.51. The van der Waals surface area contributed by atoms with Crippen molar-refractivity contribution < 1.29 is 33.0 Å². The summed E-state index contributed by atoms with van der Waals surface area (Å²) in [5.41, 5.74) is 1.79. The molecule has 0 radical (unpaired) electrons. The first-order valence-corrected chi connectivity index (χ1v) is 12.8. The summed E-state index contributed by atoms with van der Waals surface area (Å²) >= 11 is 0. The molecule has 3 aromatic heterocycles. The van der Waals surface area contributed by atoms with E-state index in [1.807, 2.05) is 0 Å². The van der Waals surface area contributed by atoms with Crippen LogP contribution in [0.5, 0.6) is 11.5 Å². The van der Waals surface area contributed by atoms with E-state index in [4.69, 9.17) is 4.74 Å². The zero-order valence-corrected chi connectivity index (χ0v) is 21.8. The van der Waals surface area contributed by atoms with Crippen LogP contribution in [0.3, 0.4) is 0 Å². The number of pyridine rings is 2. The Morgan fingerprint density at radius 1 is 0.976 bits per heavy atom. The second-order valence-corrected chi connectivity index (χ2v) is 9.79. The highest BCUT2D eigenvalue weighted by Crippen LogP contribution is 2.31. The molecule has 3 N–H and O–H groups in total. The van der Waals surface area contributed by atoms with Crippen molar-refractivity contribution in [1.29, 1.82) is 0 Å². The Labute approximate surface area is 232 Å². The van der Waals surface area contributed by atoms with E-state index in [9.17, 15) is 23.6 Å². The Morgan fingerprint density at radius 3 is 2.46 bits per heavy atom. The van der Waals surface area contributed by atoms with Crippen LogP contribution >= 0.6 is 0 Å². The number of aryl methyl sites for hydroxylation is 1. The van der Waals surface area contributed by atoms with E-state index < -0.39 is 17.5 Å². The van der Waals surface area contributed by atoms with E-state index >= 15 is 0 Å². The van der Waals surface area contributed by atoms with Crippen molar-refractivity contribution in [3.05, 3.63) is 102 Å². The van der Waals surface area contributed by atoms with Crippen molar-refractivity contribution in [2.24, 2.45) is 5.92 Å². The van der Waals surface area contributed by atoms with Gasteiger partial charge in [-0.3, -0.25) is 14.8 Å². The third-order valence-electron chi connectivity index (χ3n) is 6.70. The Morgan fingerprint density at radius 2 is 1.73 bits per heavy atom. The number of anilines is 2. The van der Waals surface area contributed by atoms with E-state index in [1.165, 1.54) is 42.5 Å². The number of hydrogen-bond acceptors (Lipinski definition) is 5. The number of halogens is 2. The summed E-state index contributed by atoms with van der Waals surface area (Å²) in [4.78, 5) is 29.3. The number of carbonyl (C=O) groups is 2. The standard InChI is InChI=1S/C30H23F2N5O4/c1-17-2-12-25(37(40)28(17)18-5-7-20(31)8-6-18)30(39)33-24-11-9-21(14-23(24)32)41-22-10-13-27-34-26(16-36(27)15-22)35-29(38)19-3-4-19/h2,5-16,19H,3-4H2,1H3,(H2-,33,35,38,39,40)/p+1. The van der Waals surface area contributed by atoms with Gasteiger partial charge in [-0.05, 0) is 74.4 Å². The molecule has 9 nitrogen and oxygen atoms in total. The molecule has 2 amide bonds. The maximum Gasteiger partial charge on any atom is 0.325 e. The van der Waals surface area contributed by atoms with Crippen LogP contribution in [0.25, 0.3) is 16.9 Å². The minimum absolute atomic E-state index is 0.0444. The fourth-order valence-corrected chi connectivity index (χ4v) is 4.42. The number of imidazole rings is 1. The van der Waals surface area contributed by atoms with E-state index in [1.54, 1.807) is 41.9 Å². The molecule has 0 spiro atoms. The molecule has 3 heterocycles. The zero-order chi connectivity index (χ0) is 28.7. The molecule has 1 aliphatic rings. The molecule has 0 bridgehead atoms. The SMILES string of the molecule is Cc1ccc(C(=O)Nc2ccc(Oc3ccc4nc(NC(=O)C5CC5)cn4c3)cc2F)[n+](O)c1-c1ccc(F)cc1. The first kappa shape index (κ1) is 25.9. The van der Waals surface area contributed by atoms with Gasteiger partial charge < -0.3 is 19.8 Å². The maximum atomic E-state index is 15.0. The number of hydrogen-bond donors (Lipinski definition) is 3. The highest BCUT2D eigenvalue weighted by atomic mass is 19.1. The number of ether oxygens (including phenoxy) is 1. The molecule has 41 heavy (non-hydrogen) atoms. The molecule has 6 rings (SSSR count). The lowest BCUT2D eigenvalue weighted by Gasteiger charge is -2.10. The van der Waals surface area contributed by atoms with Gasteiger partial charge in [-0.25, -0.2) is 13.8 Å². The average Bonchev–Trinajstić information content (AvgIpc) is 3.72. The summed E-state index contributed by atoms with van der Waals surface area (Å²) in [6, 6.07) is 15.9. The molecule has 5 aromatic rings. The highest BCUT2D eigenvalue weighted by molar-refractivity contribution is 6.02. The summed E-state index contributed by atoms with van der Waals surface area (Å²) in [5, 5.41) is 16.0. The van der Waals surface area contributed by atoms with Gasteiger partial charge in [0.2, 0.25) is 5.91 Å². The number of rotatable bonds is 7. The van der Waals surface area contributed by atoms with Gasteiger partial charge in [0, 0.05) is 28.3 Å². The molecule has 11 heteroatoms. The van der Waals surface area contributed by atoms with Crippen LogP contribution in [-0.4, -0.2) is 26.4 Å². The van der Waals surface area contributed by atoms with E-state index in [0.717, 1.165) is 18.9 Å². The molecule has 1 saturated carbocycles. The van der Waals surface area contributed by atoms with Gasteiger partial charge in [0.15, 0.2) is 5.82 Å². The molecule has 1 fully saturated rings. The quantitative estimate of drug-likeness (QED) is 0.181. The first-order chi connectivity index (χ1) is 19.7. The van der Waals surface area contributed by atoms with Crippen molar-refractivity contribution >= 4 is 29.0 Å². The Hall–Kier alpha value is -5.32. The van der Waals surface area contributed by atoms with Gasteiger partial charge in [0.1, 0.15) is 28.8 Å². The summed E-state index contributed by atoms with van der Waals surface area (Å²) in [7, 11) is 0. The Balaban J connectivity index is 1.17. The smallest absolute Gasteiger partial charge is 0.325 e. The van der Waals surface area contributed by atoms with Crippen LogP contribution in [-0.2, 0) is 4.79 Å². The van der Waals surface area contributed by atoms with Crippen molar-refractivity contribution in [2.75, 3.05) is 10.6 Å². The molecular weight excluding hydrogens is 532 g/mol. The summed E-state index contributed by atoms with van der Waals surface area (Å²) in [6.45, 7) is 1.74. The second-order valence-electron chi connectivity index (χ2n) is 9.79. The average molecular weight is 557 g/mol. The Bertz CT molecular complexity index is 1820. The lowest BCUT2D eigenvalue weighted by atomic mass is 10.1. The molecule has 0 atom stereocenters. The molecule has 206 valence electrons. The van der Waals surface area contributed by atoms with Crippen LogP contribution in [0.15, 0.2) is 79.1 Å². The van der Waals surface area contributed by atoms with Crippen LogP contribution in [0.1, 0.15) is 28.9 Å². The van der Waals surface area contributed by atoms with Gasteiger partial charge >= 0.3 is 11.6 Å². The summed E-state index contributed by atoms with van der Waals surface area (Å²) in [5.74, 6) is -0.892. The third-order valence-corrected chi connectivity index (χ3v) is 6.70. The number of carbonyl (C=O) groups excluding carboxylic acids is 2. The zero-order valence-electron chi connectivity index (χ0n) is 21.8. The minimum Gasteiger partial charge on any atom is -0.456 e. The topological polar surface area (TPSA) is 109 Å². The molecule has 0 saturated heterocycles. The number of nitrogens with one attached hydrogen (secondary N) is 2. The van der Waals surface area contributed by atoms with Gasteiger partial charge in [-0.2, -0.15) is 0 Å².